The number of rotatable bonds is 5. The third kappa shape index (κ3) is 3.52. The van der Waals surface area contributed by atoms with E-state index in [-0.39, 0.29) is 0 Å². The summed E-state index contributed by atoms with van der Waals surface area (Å²) in [5, 5.41) is 3.87. The molecule has 2 atom stereocenters. The maximum Gasteiger partial charge on any atom is 0.0337 e. The Hall–Kier alpha value is -0.0800. The number of nitrogens with one attached hydrogen (secondary N) is 1. The Bertz CT molecular complexity index is 258. The van der Waals surface area contributed by atoms with Gasteiger partial charge in [0.15, 0.2) is 0 Å². The summed E-state index contributed by atoms with van der Waals surface area (Å²) in [5.41, 5.74) is 0.497. The molecule has 1 heterocycles. The van der Waals surface area contributed by atoms with Gasteiger partial charge in [-0.1, -0.05) is 46.0 Å². The topological polar surface area (TPSA) is 15.3 Å². The van der Waals surface area contributed by atoms with Gasteiger partial charge in [-0.05, 0) is 32.6 Å². The summed E-state index contributed by atoms with van der Waals surface area (Å²) in [7, 11) is 0. The van der Waals surface area contributed by atoms with Crippen LogP contribution < -0.4 is 5.32 Å². The smallest absolute Gasteiger partial charge is 0.0337 e. The van der Waals surface area contributed by atoms with Crippen molar-refractivity contribution in [2.24, 2.45) is 0 Å². The zero-order valence-corrected chi connectivity index (χ0v) is 13.4. The average Bonchev–Trinajstić information content (AvgIpc) is 2.43. The third-order valence-corrected chi connectivity index (χ3v) is 5.41. The molecule has 2 nitrogen and oxygen atoms in total. The van der Waals surface area contributed by atoms with E-state index in [1.165, 1.54) is 70.9 Å². The minimum Gasteiger partial charge on any atom is -0.311 e. The van der Waals surface area contributed by atoms with Crippen LogP contribution >= 0.6 is 0 Å². The standard InChI is InChI=1S/C17H34N2/c1-4-9-15(3)19-13-16(10-5-2)18-14-17(19)11-7-6-8-12-17/h15-16,18H,4-14H2,1-3H3. The van der Waals surface area contributed by atoms with Crippen LogP contribution in [0.2, 0.25) is 0 Å². The fourth-order valence-electron chi connectivity index (χ4n) is 4.37. The van der Waals surface area contributed by atoms with Crippen molar-refractivity contribution in [3.63, 3.8) is 0 Å². The van der Waals surface area contributed by atoms with Crippen LogP contribution in [0.1, 0.15) is 78.6 Å². The second-order valence-corrected chi connectivity index (χ2v) is 6.94. The van der Waals surface area contributed by atoms with E-state index in [2.05, 4.69) is 31.0 Å². The molecule has 1 saturated heterocycles. The van der Waals surface area contributed by atoms with E-state index in [1.807, 2.05) is 0 Å². The number of piperazine rings is 1. The molecule has 1 saturated carbocycles. The van der Waals surface area contributed by atoms with E-state index in [9.17, 15) is 0 Å². The van der Waals surface area contributed by atoms with Crippen molar-refractivity contribution < 1.29 is 0 Å². The first-order valence-corrected chi connectivity index (χ1v) is 8.72. The summed E-state index contributed by atoms with van der Waals surface area (Å²) in [6, 6.07) is 1.50. The molecular formula is C17H34N2. The minimum atomic E-state index is 0.497. The number of hydrogen-bond donors (Lipinski definition) is 1. The molecule has 2 unspecified atom stereocenters. The van der Waals surface area contributed by atoms with Crippen LogP contribution in [0, 0.1) is 0 Å². The maximum atomic E-state index is 3.87. The van der Waals surface area contributed by atoms with Gasteiger partial charge in [0.1, 0.15) is 0 Å². The molecule has 2 aliphatic rings. The molecule has 1 aliphatic carbocycles. The van der Waals surface area contributed by atoms with Gasteiger partial charge in [-0.15, -0.1) is 0 Å². The Kier molecular flexibility index (Phi) is 5.70. The van der Waals surface area contributed by atoms with E-state index >= 15 is 0 Å². The molecule has 0 amide bonds. The predicted octanol–water partition coefficient (Wildman–Crippen LogP) is 3.95. The van der Waals surface area contributed by atoms with Crippen molar-refractivity contribution in [1.82, 2.24) is 10.2 Å². The minimum absolute atomic E-state index is 0.497. The highest BCUT2D eigenvalue weighted by Gasteiger charge is 2.43. The predicted molar refractivity (Wildman–Crippen MR) is 83.6 cm³/mol. The van der Waals surface area contributed by atoms with Crippen LogP contribution in [0.3, 0.4) is 0 Å². The molecule has 112 valence electrons. The second kappa shape index (κ2) is 7.08. The molecule has 2 rings (SSSR count). The number of nitrogens with zero attached hydrogens (tertiary/aromatic N) is 1. The van der Waals surface area contributed by atoms with Crippen LogP contribution in [0.25, 0.3) is 0 Å². The second-order valence-electron chi connectivity index (χ2n) is 6.94. The first-order valence-electron chi connectivity index (χ1n) is 8.72. The fourth-order valence-corrected chi connectivity index (χ4v) is 4.37. The van der Waals surface area contributed by atoms with Gasteiger partial charge in [-0.25, -0.2) is 0 Å². The van der Waals surface area contributed by atoms with Gasteiger partial charge in [-0.3, -0.25) is 4.90 Å². The van der Waals surface area contributed by atoms with Crippen LogP contribution in [0.15, 0.2) is 0 Å². The van der Waals surface area contributed by atoms with Crippen molar-refractivity contribution in [2.45, 2.75) is 96.2 Å². The van der Waals surface area contributed by atoms with Crippen LogP contribution in [0.4, 0.5) is 0 Å². The van der Waals surface area contributed by atoms with E-state index in [0.717, 1.165) is 12.1 Å². The summed E-state index contributed by atoms with van der Waals surface area (Å²) < 4.78 is 0. The first-order chi connectivity index (χ1) is 9.22. The SMILES string of the molecule is CCCC1CN(C(C)CCC)C2(CCCCC2)CN1. The molecule has 2 fully saturated rings. The van der Waals surface area contributed by atoms with E-state index in [1.54, 1.807) is 0 Å². The maximum absolute atomic E-state index is 3.87. The van der Waals surface area contributed by atoms with Gasteiger partial charge in [0, 0.05) is 30.7 Å². The molecular weight excluding hydrogens is 232 g/mol. The average molecular weight is 266 g/mol. The number of hydrogen-bond acceptors (Lipinski definition) is 2. The van der Waals surface area contributed by atoms with Gasteiger partial charge in [0.2, 0.25) is 0 Å². The van der Waals surface area contributed by atoms with Crippen molar-refractivity contribution in [2.75, 3.05) is 13.1 Å². The Morgan fingerprint density at radius 1 is 1.16 bits per heavy atom. The van der Waals surface area contributed by atoms with Gasteiger partial charge >= 0.3 is 0 Å². The normalized spacial score (nSPS) is 29.5. The molecule has 1 N–H and O–H groups in total. The van der Waals surface area contributed by atoms with Gasteiger partial charge < -0.3 is 5.32 Å². The quantitative estimate of drug-likeness (QED) is 0.810. The van der Waals surface area contributed by atoms with E-state index in [0.29, 0.717) is 5.54 Å². The fraction of sp³-hybridized carbons (Fsp3) is 1.00. The van der Waals surface area contributed by atoms with Crippen molar-refractivity contribution in [3.05, 3.63) is 0 Å². The third-order valence-electron chi connectivity index (χ3n) is 5.41. The van der Waals surface area contributed by atoms with Crippen LogP contribution in [-0.2, 0) is 0 Å². The van der Waals surface area contributed by atoms with Gasteiger partial charge in [-0.2, -0.15) is 0 Å². The van der Waals surface area contributed by atoms with E-state index in [4.69, 9.17) is 0 Å². The zero-order valence-electron chi connectivity index (χ0n) is 13.4. The Balaban J connectivity index is 2.07. The molecule has 1 aliphatic heterocycles. The van der Waals surface area contributed by atoms with Crippen molar-refractivity contribution in [3.8, 4) is 0 Å². The van der Waals surface area contributed by atoms with E-state index < -0.39 is 0 Å². The molecule has 1 spiro atoms. The largest absolute Gasteiger partial charge is 0.311 e. The summed E-state index contributed by atoms with van der Waals surface area (Å²) in [6.07, 6.45) is 12.5. The monoisotopic (exact) mass is 266 g/mol. The summed E-state index contributed by atoms with van der Waals surface area (Å²) in [4.78, 5) is 2.91. The van der Waals surface area contributed by atoms with Crippen LogP contribution in [0.5, 0.6) is 0 Å². The molecule has 0 aromatic carbocycles. The Labute approximate surface area is 120 Å². The highest BCUT2D eigenvalue weighted by atomic mass is 15.3. The lowest BCUT2D eigenvalue weighted by molar-refractivity contribution is -0.0214. The van der Waals surface area contributed by atoms with Crippen molar-refractivity contribution >= 4 is 0 Å². The highest BCUT2D eigenvalue weighted by molar-refractivity contribution is 5.02. The highest BCUT2D eigenvalue weighted by Crippen LogP contribution is 2.37. The molecule has 19 heavy (non-hydrogen) atoms. The lowest BCUT2D eigenvalue weighted by Gasteiger charge is -2.54. The zero-order chi connectivity index (χ0) is 13.7. The summed E-state index contributed by atoms with van der Waals surface area (Å²) in [6.45, 7) is 9.64. The summed E-state index contributed by atoms with van der Waals surface area (Å²) in [5.74, 6) is 0. The lowest BCUT2D eigenvalue weighted by atomic mass is 9.77. The first kappa shape index (κ1) is 15.3. The molecule has 0 bridgehead atoms. The lowest BCUT2D eigenvalue weighted by Crippen LogP contribution is -2.67. The van der Waals surface area contributed by atoms with Crippen molar-refractivity contribution in [1.29, 1.82) is 0 Å². The molecule has 2 heteroatoms. The Morgan fingerprint density at radius 3 is 2.53 bits per heavy atom. The molecule has 0 aromatic heterocycles. The Morgan fingerprint density at radius 2 is 1.89 bits per heavy atom. The summed E-state index contributed by atoms with van der Waals surface area (Å²) >= 11 is 0. The van der Waals surface area contributed by atoms with Gasteiger partial charge in [0.25, 0.3) is 0 Å². The molecule has 0 radical (unpaired) electrons. The molecule has 0 aromatic rings. The van der Waals surface area contributed by atoms with Gasteiger partial charge in [0.05, 0.1) is 0 Å². The van der Waals surface area contributed by atoms with Crippen LogP contribution in [-0.4, -0.2) is 35.6 Å².